The van der Waals surface area contributed by atoms with Crippen LogP contribution in [0.25, 0.3) is 0 Å². The van der Waals surface area contributed by atoms with E-state index in [0.717, 1.165) is 0 Å². The maximum absolute atomic E-state index is 11.6. The smallest absolute Gasteiger partial charge is 0.326 e. The number of hydrogen-bond donors (Lipinski definition) is 3. The van der Waals surface area contributed by atoms with E-state index in [2.05, 4.69) is 10.3 Å². The summed E-state index contributed by atoms with van der Waals surface area (Å²) in [6, 6.07) is 2.21. The number of carboxylic acid groups (broad SMARTS) is 1. The van der Waals surface area contributed by atoms with Gasteiger partial charge in [-0.05, 0) is 18.6 Å². The lowest BCUT2D eigenvalue weighted by molar-refractivity contribution is -0.139. The van der Waals surface area contributed by atoms with Crippen molar-refractivity contribution in [2.24, 2.45) is 0 Å². The molecular weight excluding hydrogens is 210 g/mol. The number of anilines is 1. The fourth-order valence-electron chi connectivity index (χ4n) is 1.17. The van der Waals surface area contributed by atoms with Crippen molar-refractivity contribution < 1.29 is 14.7 Å². The van der Waals surface area contributed by atoms with E-state index in [9.17, 15) is 9.59 Å². The molecule has 86 valence electrons. The first-order valence-corrected chi connectivity index (χ1v) is 4.80. The Morgan fingerprint density at radius 3 is 2.81 bits per heavy atom. The third-order valence-electron chi connectivity index (χ3n) is 2.07. The molecule has 1 rings (SSSR count). The minimum absolute atomic E-state index is 0.0437. The fraction of sp³-hybridized carbons (Fsp3) is 0.300. The third-order valence-corrected chi connectivity index (χ3v) is 2.07. The Morgan fingerprint density at radius 1 is 1.62 bits per heavy atom. The zero-order valence-corrected chi connectivity index (χ0v) is 8.80. The van der Waals surface area contributed by atoms with Crippen LogP contribution in [0.2, 0.25) is 0 Å². The van der Waals surface area contributed by atoms with Gasteiger partial charge in [0.1, 0.15) is 6.04 Å². The summed E-state index contributed by atoms with van der Waals surface area (Å²) in [7, 11) is 0. The molecule has 0 aliphatic carbocycles. The van der Waals surface area contributed by atoms with Crippen LogP contribution in [-0.4, -0.2) is 28.0 Å². The predicted octanol–water partition coefficient (Wildman–Crippen LogP) is 0.257. The number of carbonyl (C=O) groups excluding carboxylic acids is 1. The van der Waals surface area contributed by atoms with E-state index < -0.39 is 17.9 Å². The molecule has 0 aliphatic heterocycles. The van der Waals surface area contributed by atoms with Crippen molar-refractivity contribution in [1.29, 1.82) is 0 Å². The maximum Gasteiger partial charge on any atom is 0.326 e. The summed E-state index contributed by atoms with van der Waals surface area (Å²) in [5.74, 6) is -1.65. The molecule has 1 aromatic rings. The summed E-state index contributed by atoms with van der Waals surface area (Å²) in [5, 5.41) is 11.1. The quantitative estimate of drug-likeness (QED) is 0.678. The molecule has 0 fully saturated rings. The van der Waals surface area contributed by atoms with E-state index in [0.29, 0.717) is 6.42 Å². The SMILES string of the molecule is CC[C@@H](NC(=O)c1ncccc1N)C(=O)O. The van der Waals surface area contributed by atoms with Crippen LogP contribution < -0.4 is 11.1 Å². The lowest BCUT2D eigenvalue weighted by atomic mass is 10.2. The first kappa shape index (κ1) is 12.0. The zero-order chi connectivity index (χ0) is 12.1. The average molecular weight is 223 g/mol. The van der Waals surface area contributed by atoms with Crippen molar-refractivity contribution in [3.63, 3.8) is 0 Å². The van der Waals surface area contributed by atoms with Crippen LogP contribution in [0.4, 0.5) is 5.69 Å². The van der Waals surface area contributed by atoms with Crippen molar-refractivity contribution in [3.05, 3.63) is 24.0 Å². The Balaban J connectivity index is 2.80. The molecule has 1 heterocycles. The number of pyridine rings is 1. The highest BCUT2D eigenvalue weighted by molar-refractivity contribution is 5.98. The summed E-state index contributed by atoms with van der Waals surface area (Å²) in [6.07, 6.45) is 1.72. The summed E-state index contributed by atoms with van der Waals surface area (Å²) < 4.78 is 0. The van der Waals surface area contributed by atoms with Gasteiger partial charge < -0.3 is 16.2 Å². The van der Waals surface area contributed by atoms with Gasteiger partial charge in [0, 0.05) is 6.20 Å². The summed E-state index contributed by atoms with van der Waals surface area (Å²) >= 11 is 0. The van der Waals surface area contributed by atoms with Gasteiger partial charge in [-0.1, -0.05) is 6.92 Å². The van der Waals surface area contributed by atoms with Crippen LogP contribution in [-0.2, 0) is 4.79 Å². The highest BCUT2D eigenvalue weighted by Gasteiger charge is 2.20. The Bertz CT molecular complexity index is 406. The number of carbonyl (C=O) groups is 2. The van der Waals surface area contributed by atoms with Gasteiger partial charge in [-0.3, -0.25) is 4.79 Å². The number of carboxylic acids is 1. The number of nitrogens with zero attached hydrogens (tertiary/aromatic N) is 1. The number of hydrogen-bond acceptors (Lipinski definition) is 4. The summed E-state index contributed by atoms with van der Waals surface area (Å²) in [6.45, 7) is 1.67. The zero-order valence-electron chi connectivity index (χ0n) is 8.80. The average Bonchev–Trinajstić information content (AvgIpc) is 2.25. The van der Waals surface area contributed by atoms with Gasteiger partial charge in [0.25, 0.3) is 5.91 Å². The van der Waals surface area contributed by atoms with Crippen molar-refractivity contribution in [1.82, 2.24) is 10.3 Å². The number of nitrogens with one attached hydrogen (secondary N) is 1. The largest absolute Gasteiger partial charge is 0.480 e. The summed E-state index contributed by atoms with van der Waals surface area (Å²) in [4.78, 5) is 26.1. The number of aliphatic carboxylic acids is 1. The van der Waals surface area contributed by atoms with Crippen molar-refractivity contribution in [2.75, 3.05) is 5.73 Å². The molecule has 0 spiro atoms. The second kappa shape index (κ2) is 5.11. The van der Waals surface area contributed by atoms with Crippen LogP contribution in [0.1, 0.15) is 23.8 Å². The molecule has 0 saturated heterocycles. The second-order valence-corrected chi connectivity index (χ2v) is 3.21. The monoisotopic (exact) mass is 223 g/mol. The molecule has 0 bridgehead atoms. The molecule has 4 N–H and O–H groups in total. The number of nitrogen functional groups attached to an aromatic ring is 1. The molecule has 0 radical (unpaired) electrons. The standard InChI is InChI=1S/C10H13N3O3/c1-2-7(10(15)16)13-9(14)8-6(11)4-3-5-12-8/h3-5,7H,2,11H2,1H3,(H,13,14)(H,15,16)/t7-/m1/s1. The molecule has 0 aromatic carbocycles. The van der Waals surface area contributed by atoms with E-state index in [4.69, 9.17) is 10.8 Å². The van der Waals surface area contributed by atoms with E-state index >= 15 is 0 Å². The second-order valence-electron chi connectivity index (χ2n) is 3.21. The van der Waals surface area contributed by atoms with E-state index in [1.807, 2.05) is 0 Å². The van der Waals surface area contributed by atoms with Crippen molar-refractivity contribution in [2.45, 2.75) is 19.4 Å². The Morgan fingerprint density at radius 2 is 2.31 bits per heavy atom. The number of amides is 1. The van der Waals surface area contributed by atoms with Gasteiger partial charge in [-0.15, -0.1) is 0 Å². The van der Waals surface area contributed by atoms with Gasteiger partial charge in [0.2, 0.25) is 0 Å². The molecular formula is C10H13N3O3. The van der Waals surface area contributed by atoms with Gasteiger partial charge >= 0.3 is 5.97 Å². The molecule has 1 aromatic heterocycles. The fourth-order valence-corrected chi connectivity index (χ4v) is 1.17. The Labute approximate surface area is 92.5 Å². The van der Waals surface area contributed by atoms with Gasteiger partial charge in [0.15, 0.2) is 5.69 Å². The highest BCUT2D eigenvalue weighted by Crippen LogP contribution is 2.07. The van der Waals surface area contributed by atoms with Crippen LogP contribution in [0, 0.1) is 0 Å². The lowest BCUT2D eigenvalue weighted by Crippen LogP contribution is -2.40. The van der Waals surface area contributed by atoms with Gasteiger partial charge in [-0.2, -0.15) is 0 Å². The van der Waals surface area contributed by atoms with Gasteiger partial charge in [0.05, 0.1) is 5.69 Å². The van der Waals surface area contributed by atoms with E-state index in [1.54, 1.807) is 13.0 Å². The molecule has 0 saturated carbocycles. The van der Waals surface area contributed by atoms with E-state index in [1.165, 1.54) is 12.3 Å². The van der Waals surface area contributed by atoms with Crippen LogP contribution in [0.5, 0.6) is 0 Å². The van der Waals surface area contributed by atoms with E-state index in [-0.39, 0.29) is 11.4 Å². The molecule has 1 amide bonds. The molecule has 16 heavy (non-hydrogen) atoms. The predicted molar refractivity (Wildman–Crippen MR) is 57.8 cm³/mol. The number of rotatable bonds is 4. The Hall–Kier alpha value is -2.11. The van der Waals surface area contributed by atoms with Crippen molar-refractivity contribution in [3.8, 4) is 0 Å². The van der Waals surface area contributed by atoms with Crippen molar-refractivity contribution >= 4 is 17.6 Å². The first-order valence-electron chi connectivity index (χ1n) is 4.80. The molecule has 0 aliphatic rings. The molecule has 6 heteroatoms. The van der Waals surface area contributed by atoms with Gasteiger partial charge in [-0.25, -0.2) is 9.78 Å². The molecule has 6 nitrogen and oxygen atoms in total. The summed E-state index contributed by atoms with van der Waals surface area (Å²) in [5.41, 5.74) is 5.81. The highest BCUT2D eigenvalue weighted by atomic mass is 16.4. The number of aromatic nitrogens is 1. The minimum Gasteiger partial charge on any atom is -0.480 e. The Kier molecular flexibility index (Phi) is 3.82. The lowest BCUT2D eigenvalue weighted by Gasteiger charge is -2.12. The topological polar surface area (TPSA) is 105 Å². The van der Waals surface area contributed by atoms with Crippen LogP contribution >= 0.6 is 0 Å². The maximum atomic E-state index is 11.6. The first-order chi connectivity index (χ1) is 7.56. The minimum atomic E-state index is -1.08. The van der Waals surface area contributed by atoms with Crippen LogP contribution in [0.15, 0.2) is 18.3 Å². The normalized spacial score (nSPS) is 11.8. The molecule has 1 atom stereocenters. The molecule has 0 unspecified atom stereocenters. The third kappa shape index (κ3) is 2.69. The number of nitrogens with two attached hydrogens (primary N) is 1. The van der Waals surface area contributed by atoms with Crippen LogP contribution in [0.3, 0.4) is 0 Å².